The summed E-state index contributed by atoms with van der Waals surface area (Å²) in [7, 11) is 2.16. The van der Waals surface area contributed by atoms with Crippen molar-refractivity contribution in [1.29, 1.82) is 0 Å². The molecular weight excluding hydrogens is 338 g/mol. The summed E-state index contributed by atoms with van der Waals surface area (Å²) >= 11 is 0. The summed E-state index contributed by atoms with van der Waals surface area (Å²) in [5, 5.41) is 0. The summed E-state index contributed by atoms with van der Waals surface area (Å²) < 4.78 is 0. The molecule has 1 saturated carbocycles. The Morgan fingerprint density at radius 3 is 2.70 bits per heavy atom. The molecule has 6 heteroatoms. The molecule has 1 fully saturated rings. The van der Waals surface area contributed by atoms with Crippen LogP contribution in [0.3, 0.4) is 0 Å². The van der Waals surface area contributed by atoms with Gasteiger partial charge in [0.15, 0.2) is 12.1 Å². The fourth-order valence-electron chi connectivity index (χ4n) is 3.83. The molecule has 1 aromatic heterocycles. The number of hydrogen-bond donors (Lipinski definition) is 2. The van der Waals surface area contributed by atoms with Crippen molar-refractivity contribution in [2.24, 2.45) is 11.7 Å². The van der Waals surface area contributed by atoms with Crippen LogP contribution in [0.2, 0.25) is 0 Å². The standard InChI is InChI=1S/C21H29N5O/c1-26(19-7-5-15(12-22)6-8-19)10-9-20-17(14-27)13-24-21(25-20)16-3-2-4-18(23)11-16/h2-4,11,13-15,19H,5-10,12,22-23H2,1H3. The molecule has 6 nitrogen and oxygen atoms in total. The van der Waals surface area contributed by atoms with E-state index in [4.69, 9.17) is 11.5 Å². The van der Waals surface area contributed by atoms with Crippen molar-refractivity contribution in [2.75, 3.05) is 25.9 Å². The average Bonchev–Trinajstić information content (AvgIpc) is 2.71. The lowest BCUT2D eigenvalue weighted by Gasteiger charge is -2.34. The van der Waals surface area contributed by atoms with E-state index in [0.29, 0.717) is 29.0 Å². The van der Waals surface area contributed by atoms with Crippen LogP contribution in [-0.2, 0) is 6.42 Å². The molecule has 2 aromatic rings. The third-order valence-corrected chi connectivity index (χ3v) is 5.65. The number of nitrogen functional groups attached to an aromatic ring is 1. The topological polar surface area (TPSA) is 98.1 Å². The van der Waals surface area contributed by atoms with Gasteiger partial charge in [-0.25, -0.2) is 9.97 Å². The number of carbonyl (C=O) groups is 1. The van der Waals surface area contributed by atoms with Crippen molar-refractivity contribution in [3.63, 3.8) is 0 Å². The van der Waals surface area contributed by atoms with Gasteiger partial charge in [0.05, 0.1) is 11.3 Å². The summed E-state index contributed by atoms with van der Waals surface area (Å²) in [4.78, 5) is 22.8. The number of likely N-dealkylation sites (N-methyl/N-ethyl adjacent to an activating group) is 1. The Morgan fingerprint density at radius 2 is 2.04 bits per heavy atom. The summed E-state index contributed by atoms with van der Waals surface area (Å²) in [5.41, 5.74) is 14.5. The predicted octanol–water partition coefficient (Wildman–Crippen LogP) is 2.53. The molecule has 27 heavy (non-hydrogen) atoms. The number of benzene rings is 1. The smallest absolute Gasteiger partial charge is 0.159 e. The number of nitrogens with zero attached hydrogens (tertiary/aromatic N) is 3. The van der Waals surface area contributed by atoms with E-state index in [-0.39, 0.29) is 0 Å². The Balaban J connectivity index is 1.68. The Morgan fingerprint density at radius 1 is 1.26 bits per heavy atom. The molecule has 4 N–H and O–H groups in total. The van der Waals surface area contributed by atoms with E-state index in [9.17, 15) is 4.79 Å². The minimum Gasteiger partial charge on any atom is -0.399 e. The van der Waals surface area contributed by atoms with Gasteiger partial charge in [0, 0.05) is 36.5 Å². The van der Waals surface area contributed by atoms with Crippen molar-refractivity contribution >= 4 is 12.0 Å². The van der Waals surface area contributed by atoms with E-state index in [0.717, 1.165) is 37.1 Å². The first-order valence-corrected chi connectivity index (χ1v) is 9.68. The van der Waals surface area contributed by atoms with Crippen LogP contribution < -0.4 is 11.5 Å². The molecular formula is C21H29N5O. The second-order valence-corrected chi connectivity index (χ2v) is 7.48. The molecule has 0 radical (unpaired) electrons. The summed E-state index contributed by atoms with van der Waals surface area (Å²) in [6.07, 6.45) is 7.97. The first kappa shape index (κ1) is 19.5. The molecule has 0 bridgehead atoms. The predicted molar refractivity (Wildman–Crippen MR) is 108 cm³/mol. The molecule has 1 aliphatic carbocycles. The van der Waals surface area contributed by atoms with Gasteiger partial charge in [-0.1, -0.05) is 12.1 Å². The highest BCUT2D eigenvalue weighted by atomic mass is 16.1. The van der Waals surface area contributed by atoms with Gasteiger partial charge in [-0.15, -0.1) is 0 Å². The van der Waals surface area contributed by atoms with Crippen molar-refractivity contribution in [3.8, 4) is 11.4 Å². The second-order valence-electron chi connectivity index (χ2n) is 7.48. The van der Waals surface area contributed by atoms with E-state index in [1.54, 1.807) is 6.20 Å². The van der Waals surface area contributed by atoms with Crippen molar-refractivity contribution < 1.29 is 4.79 Å². The van der Waals surface area contributed by atoms with Crippen LogP contribution in [-0.4, -0.2) is 47.3 Å². The van der Waals surface area contributed by atoms with E-state index in [1.807, 2.05) is 24.3 Å². The second kappa shape index (κ2) is 9.06. The van der Waals surface area contributed by atoms with Crippen LogP contribution in [0.1, 0.15) is 41.7 Å². The first-order chi connectivity index (χ1) is 13.1. The maximum absolute atomic E-state index is 11.4. The zero-order chi connectivity index (χ0) is 19.2. The van der Waals surface area contributed by atoms with Gasteiger partial charge in [-0.2, -0.15) is 0 Å². The van der Waals surface area contributed by atoms with Crippen LogP contribution in [0.5, 0.6) is 0 Å². The highest BCUT2D eigenvalue weighted by Gasteiger charge is 2.23. The molecule has 1 heterocycles. The number of rotatable bonds is 7. The van der Waals surface area contributed by atoms with Crippen molar-refractivity contribution in [1.82, 2.24) is 14.9 Å². The monoisotopic (exact) mass is 367 g/mol. The number of aromatic nitrogens is 2. The van der Waals surface area contributed by atoms with Gasteiger partial charge in [0.2, 0.25) is 0 Å². The molecule has 0 spiro atoms. The fraction of sp³-hybridized carbons (Fsp3) is 0.476. The van der Waals surface area contributed by atoms with Crippen LogP contribution in [0.4, 0.5) is 5.69 Å². The molecule has 0 atom stereocenters. The lowest BCUT2D eigenvalue weighted by Crippen LogP contribution is -2.37. The third kappa shape index (κ3) is 4.90. The number of carbonyl (C=O) groups excluding carboxylic acids is 1. The van der Waals surface area contributed by atoms with Crippen LogP contribution >= 0.6 is 0 Å². The Hall–Kier alpha value is -2.31. The number of nitrogens with two attached hydrogens (primary N) is 2. The Bertz CT molecular complexity index is 771. The molecule has 0 amide bonds. The Kier molecular flexibility index (Phi) is 6.53. The molecule has 0 saturated heterocycles. The van der Waals surface area contributed by atoms with Gasteiger partial charge in [0.1, 0.15) is 0 Å². The number of aldehydes is 1. The maximum Gasteiger partial charge on any atom is 0.159 e. The molecule has 1 aliphatic rings. The molecule has 0 aliphatic heterocycles. The highest BCUT2D eigenvalue weighted by molar-refractivity contribution is 5.76. The van der Waals surface area contributed by atoms with E-state index < -0.39 is 0 Å². The van der Waals surface area contributed by atoms with Gasteiger partial charge in [-0.3, -0.25) is 4.79 Å². The van der Waals surface area contributed by atoms with Crippen LogP contribution in [0.25, 0.3) is 11.4 Å². The molecule has 3 rings (SSSR count). The minimum absolute atomic E-state index is 0.558. The lowest BCUT2D eigenvalue weighted by molar-refractivity contribution is 0.112. The average molecular weight is 367 g/mol. The van der Waals surface area contributed by atoms with E-state index in [1.165, 1.54) is 25.7 Å². The molecule has 1 aromatic carbocycles. The SMILES string of the molecule is CN(CCc1nc(-c2cccc(N)c2)ncc1C=O)C1CCC(CN)CC1. The Labute approximate surface area is 161 Å². The quantitative estimate of drug-likeness (QED) is 0.576. The summed E-state index contributed by atoms with van der Waals surface area (Å²) in [6, 6.07) is 8.08. The number of anilines is 1. The molecule has 144 valence electrons. The summed E-state index contributed by atoms with van der Waals surface area (Å²) in [6.45, 7) is 1.67. The molecule has 0 unspecified atom stereocenters. The van der Waals surface area contributed by atoms with Gasteiger partial charge >= 0.3 is 0 Å². The van der Waals surface area contributed by atoms with Gasteiger partial charge in [0.25, 0.3) is 0 Å². The zero-order valence-electron chi connectivity index (χ0n) is 16.0. The third-order valence-electron chi connectivity index (χ3n) is 5.65. The maximum atomic E-state index is 11.4. The van der Waals surface area contributed by atoms with E-state index in [2.05, 4.69) is 21.9 Å². The zero-order valence-corrected chi connectivity index (χ0v) is 16.0. The van der Waals surface area contributed by atoms with Crippen molar-refractivity contribution in [2.45, 2.75) is 38.1 Å². The highest BCUT2D eigenvalue weighted by Crippen LogP contribution is 2.26. The van der Waals surface area contributed by atoms with Crippen LogP contribution in [0.15, 0.2) is 30.5 Å². The van der Waals surface area contributed by atoms with Crippen LogP contribution in [0, 0.1) is 5.92 Å². The van der Waals surface area contributed by atoms with E-state index >= 15 is 0 Å². The van der Waals surface area contributed by atoms with Crippen molar-refractivity contribution in [3.05, 3.63) is 41.7 Å². The fourth-order valence-corrected chi connectivity index (χ4v) is 3.83. The first-order valence-electron chi connectivity index (χ1n) is 9.68. The minimum atomic E-state index is 0.558. The lowest BCUT2D eigenvalue weighted by atomic mass is 9.85. The summed E-state index contributed by atoms with van der Waals surface area (Å²) in [5.74, 6) is 1.29. The normalized spacial score (nSPS) is 20.0. The van der Waals surface area contributed by atoms with Gasteiger partial charge < -0.3 is 16.4 Å². The number of hydrogen-bond acceptors (Lipinski definition) is 6. The van der Waals surface area contributed by atoms with Gasteiger partial charge in [-0.05, 0) is 57.3 Å². The largest absolute Gasteiger partial charge is 0.399 e.